The van der Waals surface area contributed by atoms with Gasteiger partial charge in [0.25, 0.3) is 5.91 Å². The maximum absolute atomic E-state index is 14.4. The molecule has 1 fully saturated rings. The van der Waals surface area contributed by atoms with Gasteiger partial charge in [-0.05, 0) is 60.7 Å². The molecule has 6 nitrogen and oxygen atoms in total. The highest BCUT2D eigenvalue weighted by atomic mass is 32.2. The number of primary amides is 1. The fraction of sp³-hybridized carbons (Fsp3) is 0.227. The molecule has 0 unspecified atom stereocenters. The lowest BCUT2D eigenvalue weighted by molar-refractivity contribution is 0.0995. The van der Waals surface area contributed by atoms with Crippen LogP contribution in [0.2, 0.25) is 0 Å². The molecule has 31 heavy (non-hydrogen) atoms. The number of carbonyl (C=O) groups is 1. The summed E-state index contributed by atoms with van der Waals surface area (Å²) < 4.78 is 34.8. The van der Waals surface area contributed by atoms with Gasteiger partial charge in [0.05, 0.1) is 17.4 Å². The predicted molar refractivity (Wildman–Crippen MR) is 117 cm³/mol. The Kier molecular flexibility index (Phi) is 6.31. The lowest BCUT2D eigenvalue weighted by atomic mass is 10.0. The first kappa shape index (κ1) is 21.0. The van der Waals surface area contributed by atoms with Gasteiger partial charge in [-0.1, -0.05) is 6.07 Å². The fourth-order valence-electron chi connectivity index (χ4n) is 3.38. The van der Waals surface area contributed by atoms with Crippen molar-refractivity contribution in [2.75, 3.05) is 16.8 Å². The highest BCUT2D eigenvalue weighted by Crippen LogP contribution is 2.35. The second kappa shape index (κ2) is 9.30. The zero-order valence-electron chi connectivity index (χ0n) is 16.5. The molecule has 160 valence electrons. The smallest absolute Gasteiger partial charge is 0.271 e. The van der Waals surface area contributed by atoms with E-state index >= 15 is 0 Å². The number of halogens is 2. The van der Waals surface area contributed by atoms with Gasteiger partial charge in [-0.2, -0.15) is 16.9 Å². The van der Waals surface area contributed by atoms with Gasteiger partial charge in [0.2, 0.25) is 0 Å². The molecule has 2 aromatic carbocycles. The fourth-order valence-corrected chi connectivity index (χ4v) is 4.44. The molecule has 1 aromatic heterocycles. The van der Waals surface area contributed by atoms with Crippen molar-refractivity contribution in [2.45, 2.75) is 18.9 Å². The van der Waals surface area contributed by atoms with Crippen LogP contribution in [-0.2, 0) is 0 Å². The number of ether oxygens (including phenoxy) is 1. The Bertz CT molecular complexity index is 1070. The molecule has 0 saturated carbocycles. The Morgan fingerprint density at radius 1 is 1.10 bits per heavy atom. The Hall–Kier alpha value is -3.20. The second-order valence-corrected chi connectivity index (χ2v) is 8.25. The van der Waals surface area contributed by atoms with Crippen molar-refractivity contribution in [2.24, 2.45) is 5.73 Å². The standard InChI is InChI=1S/C22H20F2N4O2S/c23-17-2-1-3-18(24)19(17)16-12-26-28-21(22(25)29)20(16)27-13-4-6-14(7-5-13)30-15-8-10-31-11-9-15/h1-7,12,15H,8-11H2,(H2,25,29)(H,26,27). The summed E-state index contributed by atoms with van der Waals surface area (Å²) >= 11 is 1.93. The number of amides is 1. The van der Waals surface area contributed by atoms with E-state index in [2.05, 4.69) is 15.5 Å². The third-order valence-electron chi connectivity index (χ3n) is 4.91. The molecule has 1 amide bonds. The largest absolute Gasteiger partial charge is 0.490 e. The number of rotatable bonds is 6. The van der Waals surface area contributed by atoms with E-state index in [-0.39, 0.29) is 28.6 Å². The number of nitrogens with one attached hydrogen (secondary N) is 1. The van der Waals surface area contributed by atoms with E-state index in [1.807, 2.05) is 11.8 Å². The summed E-state index contributed by atoms with van der Waals surface area (Å²) in [6.45, 7) is 0. The summed E-state index contributed by atoms with van der Waals surface area (Å²) in [5, 5.41) is 10.5. The van der Waals surface area contributed by atoms with Crippen molar-refractivity contribution in [3.63, 3.8) is 0 Å². The first-order valence-electron chi connectivity index (χ1n) is 9.74. The van der Waals surface area contributed by atoms with Crippen molar-refractivity contribution < 1.29 is 18.3 Å². The quantitative estimate of drug-likeness (QED) is 0.583. The van der Waals surface area contributed by atoms with Gasteiger partial charge in [-0.15, -0.1) is 5.10 Å². The van der Waals surface area contributed by atoms with Crippen LogP contribution in [0.4, 0.5) is 20.2 Å². The number of nitrogens with zero attached hydrogens (tertiary/aromatic N) is 2. The molecule has 9 heteroatoms. The molecule has 1 saturated heterocycles. The van der Waals surface area contributed by atoms with Crippen LogP contribution >= 0.6 is 11.8 Å². The summed E-state index contributed by atoms with van der Waals surface area (Å²) in [6.07, 6.45) is 3.40. The monoisotopic (exact) mass is 442 g/mol. The number of thioether (sulfide) groups is 1. The number of benzene rings is 2. The van der Waals surface area contributed by atoms with E-state index in [1.165, 1.54) is 12.3 Å². The van der Waals surface area contributed by atoms with Gasteiger partial charge in [-0.25, -0.2) is 8.78 Å². The van der Waals surface area contributed by atoms with E-state index in [9.17, 15) is 13.6 Å². The van der Waals surface area contributed by atoms with E-state index in [0.29, 0.717) is 5.69 Å². The Balaban J connectivity index is 1.65. The summed E-state index contributed by atoms with van der Waals surface area (Å²) in [6, 6.07) is 10.6. The van der Waals surface area contributed by atoms with E-state index < -0.39 is 17.5 Å². The molecule has 0 atom stereocenters. The highest BCUT2D eigenvalue weighted by molar-refractivity contribution is 7.99. The Morgan fingerprint density at radius 3 is 2.42 bits per heavy atom. The number of hydrogen-bond donors (Lipinski definition) is 2. The van der Waals surface area contributed by atoms with Crippen LogP contribution in [0, 0.1) is 11.6 Å². The highest BCUT2D eigenvalue weighted by Gasteiger charge is 2.22. The van der Waals surface area contributed by atoms with E-state index in [4.69, 9.17) is 10.5 Å². The van der Waals surface area contributed by atoms with E-state index in [1.54, 1.807) is 24.3 Å². The SMILES string of the molecule is NC(=O)c1nncc(-c2c(F)cccc2F)c1Nc1ccc(OC2CCSCC2)cc1. The average Bonchev–Trinajstić information content (AvgIpc) is 2.76. The Labute approximate surface area is 182 Å². The first-order chi connectivity index (χ1) is 15.0. The number of nitrogens with two attached hydrogens (primary N) is 1. The van der Waals surface area contributed by atoms with Gasteiger partial charge in [-0.3, -0.25) is 4.79 Å². The number of anilines is 2. The van der Waals surface area contributed by atoms with Crippen LogP contribution in [0.25, 0.3) is 11.1 Å². The van der Waals surface area contributed by atoms with Crippen LogP contribution in [0.1, 0.15) is 23.3 Å². The van der Waals surface area contributed by atoms with Gasteiger partial charge < -0.3 is 15.8 Å². The molecule has 0 aliphatic carbocycles. The average molecular weight is 442 g/mol. The van der Waals surface area contributed by atoms with Crippen LogP contribution < -0.4 is 15.8 Å². The van der Waals surface area contributed by atoms with Gasteiger partial charge in [0.1, 0.15) is 23.5 Å². The second-order valence-electron chi connectivity index (χ2n) is 7.02. The third-order valence-corrected chi connectivity index (χ3v) is 5.96. The van der Waals surface area contributed by atoms with Gasteiger partial charge in [0, 0.05) is 11.3 Å². The molecule has 1 aliphatic heterocycles. The van der Waals surface area contributed by atoms with Crippen molar-refractivity contribution in [3.8, 4) is 16.9 Å². The molecule has 3 N–H and O–H groups in total. The van der Waals surface area contributed by atoms with Crippen molar-refractivity contribution in [1.82, 2.24) is 10.2 Å². The Morgan fingerprint density at radius 2 is 1.77 bits per heavy atom. The van der Waals surface area contributed by atoms with Crippen LogP contribution in [0.15, 0.2) is 48.7 Å². The van der Waals surface area contributed by atoms with Crippen molar-refractivity contribution in [3.05, 3.63) is 66.0 Å². The zero-order valence-corrected chi connectivity index (χ0v) is 17.3. The van der Waals surface area contributed by atoms with Crippen LogP contribution in [-0.4, -0.2) is 33.7 Å². The lowest BCUT2D eigenvalue weighted by Gasteiger charge is -2.23. The van der Waals surface area contributed by atoms with Crippen molar-refractivity contribution in [1.29, 1.82) is 0 Å². The van der Waals surface area contributed by atoms with Crippen LogP contribution in [0.3, 0.4) is 0 Å². The zero-order chi connectivity index (χ0) is 21.8. The minimum absolute atomic E-state index is 0.0411. The maximum Gasteiger partial charge on any atom is 0.271 e. The van der Waals surface area contributed by atoms with Gasteiger partial charge in [0.15, 0.2) is 5.69 Å². The maximum atomic E-state index is 14.4. The molecule has 4 rings (SSSR count). The summed E-state index contributed by atoms with van der Waals surface area (Å²) in [5.74, 6) is 0.450. The number of aromatic nitrogens is 2. The molecular formula is C22H20F2N4O2S. The lowest BCUT2D eigenvalue weighted by Crippen LogP contribution is -2.22. The number of hydrogen-bond acceptors (Lipinski definition) is 6. The summed E-state index contributed by atoms with van der Waals surface area (Å²) in [5.41, 5.74) is 5.57. The summed E-state index contributed by atoms with van der Waals surface area (Å²) in [4.78, 5) is 11.9. The molecule has 2 heterocycles. The molecule has 0 bridgehead atoms. The predicted octanol–water partition coefficient (Wildman–Crippen LogP) is 4.54. The minimum atomic E-state index is -0.872. The number of carbonyl (C=O) groups excluding carboxylic acids is 1. The first-order valence-corrected chi connectivity index (χ1v) is 10.9. The third kappa shape index (κ3) is 4.77. The molecule has 3 aromatic rings. The topological polar surface area (TPSA) is 90.1 Å². The van der Waals surface area contributed by atoms with Crippen LogP contribution in [0.5, 0.6) is 5.75 Å². The molecule has 1 aliphatic rings. The van der Waals surface area contributed by atoms with E-state index in [0.717, 1.165) is 42.2 Å². The summed E-state index contributed by atoms with van der Waals surface area (Å²) in [7, 11) is 0. The molecule has 0 radical (unpaired) electrons. The van der Waals surface area contributed by atoms with Gasteiger partial charge >= 0.3 is 0 Å². The van der Waals surface area contributed by atoms with Crippen molar-refractivity contribution >= 4 is 29.0 Å². The molecule has 0 spiro atoms. The molecular weight excluding hydrogens is 422 g/mol. The minimum Gasteiger partial charge on any atom is -0.490 e. The normalized spacial score (nSPS) is 14.3.